The van der Waals surface area contributed by atoms with Crippen LogP contribution in [0.1, 0.15) is 5.56 Å². The van der Waals surface area contributed by atoms with Crippen LogP contribution in [0.5, 0.6) is 0 Å². The van der Waals surface area contributed by atoms with Crippen LogP contribution >= 0.6 is 22.9 Å². The number of carbonyl (C=O) groups is 1. The van der Waals surface area contributed by atoms with Gasteiger partial charge in [-0.3, -0.25) is 4.79 Å². The highest BCUT2D eigenvalue weighted by molar-refractivity contribution is 7.13. The maximum absolute atomic E-state index is 12.7. The van der Waals surface area contributed by atoms with Gasteiger partial charge in [0.05, 0.1) is 10.6 Å². The molecule has 0 spiro atoms. The molecule has 2 aromatic heterocycles. The van der Waals surface area contributed by atoms with Gasteiger partial charge < -0.3 is 14.8 Å². The smallest absolute Gasteiger partial charge is 0.240 e. The lowest BCUT2D eigenvalue weighted by Crippen LogP contribution is -2.34. The number of likely N-dealkylation sites (N-methyl/N-ethyl adjacent to an activating group) is 1. The van der Waals surface area contributed by atoms with Gasteiger partial charge in [0.15, 0.2) is 0 Å². The lowest BCUT2D eigenvalue weighted by molar-refractivity contribution is -0.121. The van der Waals surface area contributed by atoms with Crippen molar-refractivity contribution >= 4 is 39.7 Å². The van der Waals surface area contributed by atoms with E-state index in [2.05, 4.69) is 46.1 Å². The minimum Gasteiger partial charge on any atom is -0.353 e. The number of nitrogens with zero attached hydrogens (tertiary/aromatic N) is 2. The van der Waals surface area contributed by atoms with E-state index in [9.17, 15) is 4.79 Å². The van der Waals surface area contributed by atoms with Gasteiger partial charge in [-0.05, 0) is 48.3 Å². The number of carbonyl (C=O) groups excluding carboxylic acids is 1. The first-order valence-electron chi connectivity index (χ1n) is 9.92. The fourth-order valence-corrected chi connectivity index (χ4v) is 4.53. The molecule has 2 heterocycles. The fraction of sp³-hybridized carbons (Fsp3) is 0.208. The van der Waals surface area contributed by atoms with Crippen LogP contribution in [0.25, 0.3) is 21.5 Å². The standard InChI is InChI=1S/C24H24ClN3OS/c1-27(16-18-6-3-2-4-7-18)12-11-26-24(29)17-28-21-10-9-20(25)14-19(21)15-22(28)23-8-5-13-30-23/h2-10,13-15H,11-12,16-17H2,1H3,(H,26,29). The Morgan fingerprint density at radius 1 is 1.10 bits per heavy atom. The van der Waals surface area contributed by atoms with Gasteiger partial charge in [0.2, 0.25) is 5.91 Å². The van der Waals surface area contributed by atoms with Crippen LogP contribution in [-0.4, -0.2) is 35.5 Å². The Balaban J connectivity index is 1.41. The third kappa shape index (κ3) is 4.93. The van der Waals surface area contributed by atoms with E-state index in [0.29, 0.717) is 11.6 Å². The lowest BCUT2D eigenvalue weighted by Gasteiger charge is -2.17. The number of benzene rings is 2. The van der Waals surface area contributed by atoms with E-state index in [-0.39, 0.29) is 12.5 Å². The van der Waals surface area contributed by atoms with Crippen molar-refractivity contribution in [3.05, 3.63) is 82.7 Å². The van der Waals surface area contributed by atoms with Crippen molar-refractivity contribution in [3.63, 3.8) is 0 Å². The third-order valence-corrected chi connectivity index (χ3v) is 6.18. The summed E-state index contributed by atoms with van der Waals surface area (Å²) >= 11 is 7.84. The summed E-state index contributed by atoms with van der Waals surface area (Å²) in [4.78, 5) is 16.1. The van der Waals surface area contributed by atoms with Gasteiger partial charge in [-0.15, -0.1) is 11.3 Å². The van der Waals surface area contributed by atoms with Gasteiger partial charge in [-0.2, -0.15) is 0 Å². The summed E-state index contributed by atoms with van der Waals surface area (Å²) in [6.07, 6.45) is 0. The van der Waals surface area contributed by atoms with E-state index in [1.54, 1.807) is 11.3 Å². The zero-order valence-electron chi connectivity index (χ0n) is 16.8. The maximum atomic E-state index is 12.7. The summed E-state index contributed by atoms with van der Waals surface area (Å²) in [6.45, 7) is 2.55. The molecule has 1 N–H and O–H groups in total. The number of hydrogen-bond donors (Lipinski definition) is 1. The first-order chi connectivity index (χ1) is 14.6. The number of rotatable bonds is 8. The zero-order chi connectivity index (χ0) is 20.9. The molecule has 0 aliphatic rings. The fourth-order valence-electron chi connectivity index (χ4n) is 3.60. The van der Waals surface area contributed by atoms with Gasteiger partial charge in [-0.25, -0.2) is 0 Å². The topological polar surface area (TPSA) is 37.3 Å². The molecule has 0 bridgehead atoms. The maximum Gasteiger partial charge on any atom is 0.240 e. The Morgan fingerprint density at radius 2 is 1.93 bits per heavy atom. The first kappa shape index (κ1) is 20.7. The number of halogens is 1. The second-order valence-corrected chi connectivity index (χ2v) is 8.75. The number of amides is 1. The van der Waals surface area contributed by atoms with Crippen molar-refractivity contribution in [3.8, 4) is 10.6 Å². The third-order valence-electron chi connectivity index (χ3n) is 5.05. The van der Waals surface area contributed by atoms with E-state index < -0.39 is 0 Å². The highest BCUT2D eigenvalue weighted by Crippen LogP contribution is 2.32. The summed E-state index contributed by atoms with van der Waals surface area (Å²) in [6, 6.07) is 22.3. The molecule has 2 aromatic carbocycles. The van der Waals surface area contributed by atoms with Crippen molar-refractivity contribution < 1.29 is 4.79 Å². The SMILES string of the molecule is CN(CCNC(=O)Cn1c(-c2cccs2)cc2cc(Cl)ccc21)Cc1ccccc1. The van der Waals surface area contributed by atoms with E-state index in [1.165, 1.54) is 5.56 Å². The molecule has 0 unspecified atom stereocenters. The molecule has 0 aliphatic carbocycles. The highest BCUT2D eigenvalue weighted by atomic mass is 35.5. The van der Waals surface area contributed by atoms with E-state index >= 15 is 0 Å². The molecule has 4 aromatic rings. The predicted octanol–water partition coefficient (Wildman–Crippen LogP) is 5.27. The van der Waals surface area contributed by atoms with Crippen LogP contribution in [0.15, 0.2) is 72.1 Å². The quantitative estimate of drug-likeness (QED) is 0.407. The Hall–Kier alpha value is -2.60. The molecule has 0 aliphatic heterocycles. The summed E-state index contributed by atoms with van der Waals surface area (Å²) in [5, 5.41) is 6.85. The number of hydrogen-bond acceptors (Lipinski definition) is 3. The van der Waals surface area contributed by atoms with Crippen LogP contribution in [0, 0.1) is 0 Å². The molecule has 0 saturated carbocycles. The molecule has 154 valence electrons. The van der Waals surface area contributed by atoms with Gasteiger partial charge in [0, 0.05) is 35.6 Å². The molecule has 6 heteroatoms. The van der Waals surface area contributed by atoms with Crippen LogP contribution in [-0.2, 0) is 17.9 Å². The Bertz CT molecular complexity index is 1120. The second kappa shape index (κ2) is 9.47. The molecule has 0 atom stereocenters. The van der Waals surface area contributed by atoms with Crippen molar-refractivity contribution in [1.82, 2.24) is 14.8 Å². The predicted molar refractivity (Wildman–Crippen MR) is 126 cm³/mol. The average molecular weight is 438 g/mol. The zero-order valence-corrected chi connectivity index (χ0v) is 18.4. The molecular weight excluding hydrogens is 414 g/mol. The summed E-state index contributed by atoms with van der Waals surface area (Å²) in [5.41, 5.74) is 3.32. The Kier molecular flexibility index (Phi) is 6.53. The number of nitrogens with one attached hydrogen (secondary N) is 1. The molecule has 4 rings (SSSR count). The van der Waals surface area contributed by atoms with E-state index in [0.717, 1.165) is 34.6 Å². The minimum absolute atomic E-state index is 0.00775. The van der Waals surface area contributed by atoms with Gasteiger partial charge in [0.25, 0.3) is 0 Å². The number of fused-ring (bicyclic) bond motifs is 1. The molecule has 1 amide bonds. The molecule has 0 saturated heterocycles. The molecule has 4 nitrogen and oxygen atoms in total. The van der Waals surface area contributed by atoms with Crippen LogP contribution in [0.4, 0.5) is 0 Å². The van der Waals surface area contributed by atoms with Gasteiger partial charge in [-0.1, -0.05) is 48.0 Å². The Morgan fingerprint density at radius 3 is 2.70 bits per heavy atom. The lowest BCUT2D eigenvalue weighted by atomic mass is 10.2. The first-order valence-corrected chi connectivity index (χ1v) is 11.2. The average Bonchev–Trinajstić information content (AvgIpc) is 3.37. The van der Waals surface area contributed by atoms with Gasteiger partial charge >= 0.3 is 0 Å². The van der Waals surface area contributed by atoms with Crippen molar-refractivity contribution in [2.75, 3.05) is 20.1 Å². The van der Waals surface area contributed by atoms with Crippen molar-refractivity contribution in [2.24, 2.45) is 0 Å². The largest absolute Gasteiger partial charge is 0.353 e. The normalized spacial score (nSPS) is 11.3. The van der Waals surface area contributed by atoms with E-state index in [4.69, 9.17) is 11.6 Å². The second-order valence-electron chi connectivity index (χ2n) is 7.37. The molecular formula is C24H24ClN3OS. The highest BCUT2D eigenvalue weighted by Gasteiger charge is 2.14. The van der Waals surface area contributed by atoms with Gasteiger partial charge in [0.1, 0.15) is 6.54 Å². The van der Waals surface area contributed by atoms with Crippen LogP contribution in [0.2, 0.25) is 5.02 Å². The minimum atomic E-state index is 0.00775. The summed E-state index contributed by atoms with van der Waals surface area (Å²) in [7, 11) is 2.07. The molecule has 0 fully saturated rings. The monoisotopic (exact) mass is 437 g/mol. The van der Waals surface area contributed by atoms with E-state index in [1.807, 2.05) is 47.8 Å². The number of thiophene rings is 1. The van der Waals surface area contributed by atoms with Crippen LogP contribution < -0.4 is 5.32 Å². The van der Waals surface area contributed by atoms with Crippen molar-refractivity contribution in [2.45, 2.75) is 13.1 Å². The number of aromatic nitrogens is 1. The summed E-state index contributed by atoms with van der Waals surface area (Å²) in [5.74, 6) is 0.00775. The Labute approximate surface area is 185 Å². The van der Waals surface area contributed by atoms with Crippen molar-refractivity contribution in [1.29, 1.82) is 0 Å². The summed E-state index contributed by atoms with van der Waals surface area (Å²) < 4.78 is 2.07. The van der Waals surface area contributed by atoms with Crippen LogP contribution in [0.3, 0.4) is 0 Å². The molecule has 30 heavy (non-hydrogen) atoms. The molecule has 0 radical (unpaired) electrons.